The molecule has 0 spiro atoms. The van der Waals surface area contributed by atoms with Crippen LogP contribution < -0.4 is 4.74 Å². The smallest absolute Gasteiger partial charge is 0.337 e. The molecule has 2 rings (SSSR count). The number of aliphatic hydroxyl groups is 1. The van der Waals surface area contributed by atoms with Gasteiger partial charge in [-0.1, -0.05) is 45.5 Å². The van der Waals surface area contributed by atoms with Crippen LogP contribution in [0.3, 0.4) is 0 Å². The molecule has 1 atom stereocenters. The normalized spacial score (nSPS) is 19.8. The van der Waals surface area contributed by atoms with Crippen molar-refractivity contribution in [3.05, 3.63) is 34.9 Å². The molecule has 5 heteroatoms. The van der Waals surface area contributed by atoms with Crippen molar-refractivity contribution in [2.75, 3.05) is 13.7 Å². The van der Waals surface area contributed by atoms with E-state index in [-0.39, 0.29) is 0 Å². The maximum absolute atomic E-state index is 12.9. The minimum atomic E-state index is -1.93. The number of rotatable bonds is 7. The Hall–Kier alpha value is -1.59. The molecule has 1 aliphatic carbocycles. The van der Waals surface area contributed by atoms with E-state index in [1.807, 2.05) is 18.2 Å². The van der Waals surface area contributed by atoms with E-state index in [0.29, 0.717) is 18.6 Å². The zero-order valence-corrected chi connectivity index (χ0v) is 17.2. The van der Waals surface area contributed by atoms with Crippen LogP contribution in [0.5, 0.6) is 5.75 Å². The zero-order chi connectivity index (χ0) is 18.8. The molecule has 25 heavy (non-hydrogen) atoms. The summed E-state index contributed by atoms with van der Waals surface area (Å²) in [6.45, 7) is 10.7. The van der Waals surface area contributed by atoms with E-state index in [9.17, 15) is 9.90 Å². The van der Waals surface area contributed by atoms with Crippen molar-refractivity contribution in [2.45, 2.75) is 58.4 Å². The molecule has 1 aromatic rings. The van der Waals surface area contributed by atoms with Crippen molar-refractivity contribution in [1.82, 2.24) is 0 Å². The van der Waals surface area contributed by atoms with Gasteiger partial charge < -0.3 is 14.6 Å². The van der Waals surface area contributed by atoms with Gasteiger partial charge in [-0.15, -0.1) is 0 Å². The van der Waals surface area contributed by atoms with Crippen LogP contribution in [0, 0.1) is 0 Å². The second-order valence-corrected chi connectivity index (χ2v) is 12.6. The molecule has 0 fully saturated rings. The Bertz CT molecular complexity index is 687. The number of benzene rings is 1. The molecular weight excluding hydrogens is 332 g/mol. The molecule has 1 N–H and O–H groups in total. The van der Waals surface area contributed by atoms with Crippen LogP contribution in [-0.4, -0.2) is 32.9 Å². The van der Waals surface area contributed by atoms with Gasteiger partial charge in [0.05, 0.1) is 27.4 Å². The van der Waals surface area contributed by atoms with Crippen molar-refractivity contribution >= 4 is 19.2 Å². The molecule has 0 bridgehead atoms. The number of carbonyl (C=O) groups excluding carboxylic acids is 1. The van der Waals surface area contributed by atoms with E-state index in [1.54, 1.807) is 14.0 Å². The van der Waals surface area contributed by atoms with Crippen LogP contribution >= 0.6 is 0 Å². The lowest BCUT2D eigenvalue weighted by Gasteiger charge is -2.28. The molecule has 4 nitrogen and oxygen atoms in total. The van der Waals surface area contributed by atoms with Gasteiger partial charge in [0.25, 0.3) is 0 Å². The third-order valence-electron chi connectivity index (χ3n) is 4.73. The van der Waals surface area contributed by atoms with Crippen molar-refractivity contribution in [2.24, 2.45) is 0 Å². The monoisotopic (exact) mass is 362 g/mol. The van der Waals surface area contributed by atoms with Gasteiger partial charge in [0.2, 0.25) is 0 Å². The van der Waals surface area contributed by atoms with Crippen LogP contribution in [0.4, 0.5) is 0 Å². The Morgan fingerprint density at radius 2 is 1.92 bits per heavy atom. The Kier molecular flexibility index (Phi) is 5.79. The standard InChI is InChI=1S/C20H30O4Si/c1-7-9-12-20(22)16-11-10-14(23-3)13-15(16)18(25(4,5)6)17(20)19(21)24-8-2/h10-11,13,22H,7-9,12H2,1-6H3. The van der Waals surface area contributed by atoms with E-state index in [0.717, 1.165) is 34.9 Å². The predicted molar refractivity (Wildman–Crippen MR) is 103 cm³/mol. The molecule has 0 aliphatic heterocycles. The lowest BCUT2D eigenvalue weighted by molar-refractivity contribution is -0.141. The lowest BCUT2D eigenvalue weighted by atomic mass is 9.85. The van der Waals surface area contributed by atoms with Crippen molar-refractivity contribution in [3.8, 4) is 5.75 Å². The number of carbonyl (C=O) groups is 1. The fraction of sp³-hybridized carbons (Fsp3) is 0.550. The zero-order valence-electron chi connectivity index (χ0n) is 16.2. The van der Waals surface area contributed by atoms with E-state index >= 15 is 0 Å². The number of fused-ring (bicyclic) bond motifs is 1. The highest BCUT2D eigenvalue weighted by Crippen LogP contribution is 2.51. The topological polar surface area (TPSA) is 55.8 Å². The number of methoxy groups -OCH3 is 1. The fourth-order valence-corrected chi connectivity index (χ4v) is 5.71. The minimum Gasteiger partial charge on any atom is -0.497 e. The van der Waals surface area contributed by atoms with Crippen molar-refractivity contribution in [1.29, 1.82) is 0 Å². The molecule has 0 saturated heterocycles. The quantitative estimate of drug-likeness (QED) is 0.581. The number of esters is 1. The second-order valence-electron chi connectivity index (χ2n) is 7.60. The summed E-state index contributed by atoms with van der Waals surface area (Å²) in [5.41, 5.74) is 0.923. The summed E-state index contributed by atoms with van der Waals surface area (Å²) in [6, 6.07) is 5.70. The minimum absolute atomic E-state index is 0.296. The first kappa shape index (κ1) is 19.7. The average Bonchev–Trinajstić information content (AvgIpc) is 2.82. The molecule has 1 aromatic carbocycles. The summed E-state index contributed by atoms with van der Waals surface area (Å²) in [5, 5.41) is 12.6. The van der Waals surface area contributed by atoms with Crippen LogP contribution in [0.1, 0.15) is 44.2 Å². The van der Waals surface area contributed by atoms with Gasteiger partial charge in [0, 0.05) is 0 Å². The number of ether oxygens (including phenoxy) is 2. The van der Waals surface area contributed by atoms with Gasteiger partial charge in [-0.3, -0.25) is 0 Å². The highest BCUT2D eigenvalue weighted by atomic mass is 28.3. The van der Waals surface area contributed by atoms with Gasteiger partial charge in [0.15, 0.2) is 0 Å². The first-order chi connectivity index (χ1) is 11.7. The molecule has 0 heterocycles. The summed E-state index contributed by atoms with van der Waals surface area (Å²) in [5.74, 6) is 0.339. The highest BCUT2D eigenvalue weighted by Gasteiger charge is 2.49. The SMILES string of the molecule is CCCCC1(O)C(C(=O)OCC)=C([Si](C)(C)C)c2cc(OC)ccc21. The molecule has 0 aromatic heterocycles. The van der Waals surface area contributed by atoms with Gasteiger partial charge in [-0.05, 0) is 41.8 Å². The van der Waals surface area contributed by atoms with E-state index in [4.69, 9.17) is 9.47 Å². The van der Waals surface area contributed by atoms with Gasteiger partial charge in [-0.25, -0.2) is 4.79 Å². The first-order valence-corrected chi connectivity index (χ1v) is 12.5. The van der Waals surface area contributed by atoms with Gasteiger partial charge in [-0.2, -0.15) is 0 Å². The van der Waals surface area contributed by atoms with Crippen LogP contribution in [0.15, 0.2) is 23.8 Å². The number of unbranched alkanes of at least 4 members (excludes halogenated alkanes) is 1. The molecular formula is C20H30O4Si. The second kappa shape index (κ2) is 7.34. The number of hydrogen-bond acceptors (Lipinski definition) is 4. The Morgan fingerprint density at radius 3 is 2.44 bits per heavy atom. The summed E-state index contributed by atoms with van der Waals surface area (Å²) < 4.78 is 10.7. The first-order valence-electron chi connectivity index (χ1n) is 9.04. The van der Waals surface area contributed by atoms with Crippen LogP contribution in [0.2, 0.25) is 19.6 Å². The summed E-state index contributed by atoms with van der Waals surface area (Å²) in [4.78, 5) is 12.9. The molecule has 0 radical (unpaired) electrons. The van der Waals surface area contributed by atoms with Crippen LogP contribution in [0.25, 0.3) is 5.20 Å². The third-order valence-corrected chi connectivity index (χ3v) is 6.75. The van der Waals surface area contributed by atoms with E-state index in [1.165, 1.54) is 0 Å². The largest absolute Gasteiger partial charge is 0.497 e. The summed E-state index contributed by atoms with van der Waals surface area (Å²) in [7, 11) is -0.302. The third kappa shape index (κ3) is 3.53. The Balaban J connectivity index is 2.78. The highest BCUT2D eigenvalue weighted by molar-refractivity contribution is 6.94. The number of hydrogen-bond donors (Lipinski definition) is 1. The molecule has 1 aliphatic rings. The van der Waals surface area contributed by atoms with Crippen molar-refractivity contribution in [3.63, 3.8) is 0 Å². The van der Waals surface area contributed by atoms with Gasteiger partial charge >= 0.3 is 5.97 Å². The Morgan fingerprint density at radius 1 is 1.24 bits per heavy atom. The molecule has 138 valence electrons. The molecule has 1 unspecified atom stereocenters. The van der Waals surface area contributed by atoms with E-state index in [2.05, 4.69) is 26.6 Å². The van der Waals surface area contributed by atoms with Crippen LogP contribution in [-0.2, 0) is 15.1 Å². The molecule has 0 saturated carbocycles. The van der Waals surface area contributed by atoms with E-state index < -0.39 is 19.6 Å². The lowest BCUT2D eigenvalue weighted by Crippen LogP contribution is -2.33. The fourth-order valence-electron chi connectivity index (χ4n) is 3.64. The Labute approximate surface area is 151 Å². The predicted octanol–water partition coefficient (Wildman–Crippen LogP) is 4.28. The summed E-state index contributed by atoms with van der Waals surface area (Å²) >= 11 is 0. The average molecular weight is 363 g/mol. The molecule has 0 amide bonds. The van der Waals surface area contributed by atoms with Gasteiger partial charge in [0.1, 0.15) is 11.4 Å². The maximum Gasteiger partial charge on any atom is 0.337 e. The maximum atomic E-state index is 12.9. The summed E-state index contributed by atoms with van der Waals surface area (Å²) in [6.07, 6.45) is 2.31. The van der Waals surface area contributed by atoms with Crippen molar-refractivity contribution < 1.29 is 19.4 Å².